The Kier molecular flexibility index (Phi) is 7.96. The van der Waals surface area contributed by atoms with Crippen molar-refractivity contribution in [3.05, 3.63) is 24.3 Å². The van der Waals surface area contributed by atoms with E-state index in [0.29, 0.717) is 3.72 Å². The second kappa shape index (κ2) is 6.26. The molecule has 1 rings (SSSR count). The van der Waals surface area contributed by atoms with Crippen molar-refractivity contribution in [1.29, 1.82) is 0 Å². The van der Waals surface area contributed by atoms with Crippen LogP contribution in [0, 0.1) is 0 Å². The molecule has 0 heterocycles. The van der Waals surface area contributed by atoms with Gasteiger partial charge in [0.15, 0.2) is 0 Å². The summed E-state index contributed by atoms with van der Waals surface area (Å²) >= 11 is 0.174. The van der Waals surface area contributed by atoms with Crippen LogP contribution in [0.2, 0.25) is 7.94 Å². The van der Waals surface area contributed by atoms with Gasteiger partial charge in [-0.15, -0.1) is 0 Å². The van der Waals surface area contributed by atoms with Gasteiger partial charge >= 0.3 is 72.2 Å². The maximum absolute atomic E-state index is 2.34. The van der Waals surface area contributed by atoms with Gasteiger partial charge in [0.05, 0.1) is 0 Å². The molecule has 0 aromatic rings. The first-order valence-electron chi connectivity index (χ1n) is 3.71. The van der Waals surface area contributed by atoms with Crippen LogP contribution in [0.5, 0.6) is 0 Å². The van der Waals surface area contributed by atoms with Crippen LogP contribution in [-0.2, 0) is 19.2 Å². The molecule has 0 bridgehead atoms. The number of halogens is 2. The molecule has 0 N–H and O–H groups in total. The van der Waals surface area contributed by atoms with Crippen molar-refractivity contribution in [1.82, 2.24) is 0 Å². The van der Waals surface area contributed by atoms with Gasteiger partial charge < -0.3 is 24.8 Å². The van der Waals surface area contributed by atoms with Gasteiger partial charge in [-0.25, -0.2) is 0 Å². The van der Waals surface area contributed by atoms with E-state index in [-0.39, 0.29) is 44.0 Å². The quantitative estimate of drug-likeness (QED) is 0.435. The summed E-state index contributed by atoms with van der Waals surface area (Å²) in [4.78, 5) is 0. The number of rotatable bonds is 1. The monoisotopic (exact) mass is 240 g/mol. The van der Waals surface area contributed by atoms with Crippen LogP contribution in [-0.4, -0.2) is 0 Å². The molecule has 1 aliphatic rings. The fourth-order valence-corrected chi connectivity index (χ4v) is 3.24. The van der Waals surface area contributed by atoms with E-state index in [9.17, 15) is 0 Å². The molecule has 68 valence electrons. The third-order valence-corrected chi connectivity index (χ3v) is 3.82. The van der Waals surface area contributed by atoms with Crippen LogP contribution in [0.4, 0.5) is 0 Å². The minimum absolute atomic E-state index is 0. The second-order valence-electron chi connectivity index (χ2n) is 3.69. The van der Waals surface area contributed by atoms with E-state index in [1.165, 1.54) is 0 Å². The smallest absolute Gasteiger partial charge is 1.00 e. The van der Waals surface area contributed by atoms with Crippen molar-refractivity contribution >= 4 is 0 Å². The van der Waals surface area contributed by atoms with Crippen molar-refractivity contribution in [2.75, 3.05) is 0 Å². The maximum atomic E-state index is 2.34. The summed E-state index contributed by atoms with van der Waals surface area (Å²) in [5.41, 5.74) is 0. The molecule has 0 nitrogen and oxygen atoms in total. The summed E-state index contributed by atoms with van der Waals surface area (Å²) in [7, 11) is 0. The summed E-state index contributed by atoms with van der Waals surface area (Å²) in [5.74, 6) is 0. The first-order chi connectivity index (χ1) is 4.58. The minimum atomic E-state index is 0. The van der Waals surface area contributed by atoms with E-state index in [1.54, 1.807) is 0 Å². The van der Waals surface area contributed by atoms with Crippen molar-refractivity contribution in [3.8, 4) is 0 Å². The zero-order valence-corrected chi connectivity index (χ0v) is 10.7. The number of allylic oxidation sites excluding steroid dienone is 4. The Hall–Kier alpha value is 0.774. The molecule has 0 aromatic carbocycles. The molecular weight excluding hydrogens is 227 g/mol. The van der Waals surface area contributed by atoms with Crippen LogP contribution >= 0.6 is 0 Å². The summed E-state index contributed by atoms with van der Waals surface area (Å²) < 4.78 is 1.41. The van der Waals surface area contributed by atoms with Crippen molar-refractivity contribution < 1.29 is 44.0 Å². The minimum Gasteiger partial charge on any atom is -1.00 e. The molecule has 0 saturated carbocycles. The molecule has 0 saturated heterocycles. The Morgan fingerprint density at radius 1 is 1.00 bits per heavy atom. The average Bonchev–Trinajstić information content (AvgIpc) is 2.12. The molecule has 0 amide bonds. The van der Waals surface area contributed by atoms with E-state index >= 15 is 0 Å². The fourth-order valence-electron chi connectivity index (χ4n) is 1.03. The fraction of sp³-hybridized carbons (Fsp3) is 0.556. The van der Waals surface area contributed by atoms with E-state index in [0.717, 1.165) is 4.22 Å². The topological polar surface area (TPSA) is 0 Å². The van der Waals surface area contributed by atoms with Crippen molar-refractivity contribution in [2.24, 2.45) is 0 Å². The van der Waals surface area contributed by atoms with Gasteiger partial charge in [0, 0.05) is 0 Å². The Morgan fingerprint density at radius 3 is 1.75 bits per heavy atom. The Bertz CT molecular complexity index is 156. The molecular formula is C9H14Cl2Ti. The first kappa shape index (κ1) is 15.3. The average molecular weight is 241 g/mol. The molecule has 0 atom stereocenters. The Morgan fingerprint density at radius 2 is 1.42 bits per heavy atom. The SMILES string of the molecule is C[C](C)(C)[Ti+2][CH]1C=CC=C1.[Cl-].[Cl-]. The van der Waals surface area contributed by atoms with Gasteiger partial charge in [-0.1, -0.05) is 0 Å². The molecule has 1 aliphatic carbocycles. The number of hydrogen-bond donors (Lipinski definition) is 0. The first-order valence-corrected chi connectivity index (χ1v) is 5.39. The van der Waals surface area contributed by atoms with Gasteiger partial charge in [0.2, 0.25) is 0 Å². The van der Waals surface area contributed by atoms with Gasteiger partial charge in [-0.3, -0.25) is 0 Å². The summed E-state index contributed by atoms with van der Waals surface area (Å²) in [6.45, 7) is 7.02. The molecule has 3 heteroatoms. The molecule has 0 aromatic heterocycles. The van der Waals surface area contributed by atoms with Crippen molar-refractivity contribution in [3.63, 3.8) is 0 Å². The van der Waals surface area contributed by atoms with Crippen LogP contribution in [0.3, 0.4) is 0 Å². The van der Waals surface area contributed by atoms with E-state index in [2.05, 4.69) is 45.1 Å². The normalized spacial score (nSPS) is 14.9. The zero-order valence-electron chi connectivity index (χ0n) is 7.64. The van der Waals surface area contributed by atoms with E-state index in [1.807, 2.05) is 0 Å². The summed E-state index contributed by atoms with van der Waals surface area (Å²) in [6.07, 6.45) is 8.98. The van der Waals surface area contributed by atoms with Gasteiger partial charge in [0.25, 0.3) is 0 Å². The Balaban J connectivity index is 0. The van der Waals surface area contributed by atoms with Gasteiger partial charge in [0.1, 0.15) is 0 Å². The zero-order chi connectivity index (χ0) is 7.61. The maximum Gasteiger partial charge on any atom is -1.00 e. The van der Waals surface area contributed by atoms with Crippen molar-refractivity contribution in [2.45, 2.75) is 28.7 Å². The molecule has 0 fully saturated rings. The third kappa shape index (κ3) is 6.31. The van der Waals surface area contributed by atoms with Crippen LogP contribution in [0.1, 0.15) is 20.8 Å². The van der Waals surface area contributed by atoms with Gasteiger partial charge in [-0.05, 0) is 0 Å². The predicted molar refractivity (Wildman–Crippen MR) is 41.7 cm³/mol. The van der Waals surface area contributed by atoms with Crippen LogP contribution in [0.25, 0.3) is 0 Å². The molecule has 12 heavy (non-hydrogen) atoms. The summed E-state index contributed by atoms with van der Waals surface area (Å²) in [5, 5.41) is 0. The summed E-state index contributed by atoms with van der Waals surface area (Å²) in [6, 6.07) is 0. The molecule has 0 radical (unpaired) electrons. The molecule has 0 aliphatic heterocycles. The number of hydrogen-bond acceptors (Lipinski definition) is 0. The third-order valence-electron chi connectivity index (χ3n) is 1.35. The largest absolute Gasteiger partial charge is 1.00 e. The van der Waals surface area contributed by atoms with Crippen LogP contribution in [0.15, 0.2) is 24.3 Å². The van der Waals surface area contributed by atoms with E-state index < -0.39 is 0 Å². The van der Waals surface area contributed by atoms with Crippen LogP contribution < -0.4 is 24.8 Å². The standard InChI is InChI=1S/C5H5.C4H9.2ClH.Ti/c1-2-4-5-3-1;1-4(2)3;;;/h1-5H;1-3H3;2*1H;/q;;;;+2/p-2. The Labute approximate surface area is 96.6 Å². The second-order valence-corrected chi connectivity index (χ2v) is 7.52. The van der Waals surface area contributed by atoms with Gasteiger partial charge in [-0.2, -0.15) is 0 Å². The molecule has 0 unspecified atom stereocenters. The van der Waals surface area contributed by atoms with E-state index in [4.69, 9.17) is 0 Å². The predicted octanol–water partition coefficient (Wildman–Crippen LogP) is -2.79. The molecule has 0 spiro atoms.